The monoisotopic (exact) mass is 267 g/mol. The SMILES string of the molecule is Cc1cccc(C(N)c2cccc3ccsc23)c1C. The lowest BCUT2D eigenvalue weighted by Crippen LogP contribution is -2.13. The maximum Gasteiger partial charge on any atom is 0.0568 e. The number of fused-ring (bicyclic) bond motifs is 1. The quantitative estimate of drug-likeness (QED) is 0.723. The summed E-state index contributed by atoms with van der Waals surface area (Å²) in [5, 5.41) is 3.41. The van der Waals surface area contributed by atoms with Crippen molar-refractivity contribution in [2.75, 3.05) is 0 Å². The molecule has 1 atom stereocenters. The van der Waals surface area contributed by atoms with Gasteiger partial charge in [0.15, 0.2) is 0 Å². The largest absolute Gasteiger partial charge is 0.320 e. The van der Waals surface area contributed by atoms with Gasteiger partial charge >= 0.3 is 0 Å². The van der Waals surface area contributed by atoms with E-state index in [9.17, 15) is 0 Å². The smallest absolute Gasteiger partial charge is 0.0568 e. The van der Waals surface area contributed by atoms with Crippen LogP contribution < -0.4 is 5.73 Å². The Balaban J connectivity index is 2.16. The Hall–Kier alpha value is -1.64. The van der Waals surface area contributed by atoms with E-state index >= 15 is 0 Å². The van der Waals surface area contributed by atoms with Crippen LogP contribution in [-0.2, 0) is 0 Å². The fourth-order valence-electron chi connectivity index (χ4n) is 2.54. The molecule has 0 spiro atoms. The molecule has 2 N–H and O–H groups in total. The summed E-state index contributed by atoms with van der Waals surface area (Å²) in [5.74, 6) is 0. The average molecular weight is 267 g/mol. The standard InChI is InChI=1S/C17H17NS/c1-11-5-3-7-14(12(11)2)16(18)15-8-4-6-13-9-10-19-17(13)15/h3-10,16H,18H2,1-2H3. The first-order chi connectivity index (χ1) is 9.18. The van der Waals surface area contributed by atoms with Crippen molar-refractivity contribution >= 4 is 21.4 Å². The van der Waals surface area contributed by atoms with Crippen LogP contribution in [0.25, 0.3) is 10.1 Å². The molecule has 0 aliphatic carbocycles. The number of benzene rings is 2. The lowest BCUT2D eigenvalue weighted by molar-refractivity contribution is 0.869. The molecule has 1 aromatic heterocycles. The second kappa shape index (κ2) is 4.80. The summed E-state index contributed by atoms with van der Waals surface area (Å²) < 4.78 is 1.30. The van der Waals surface area contributed by atoms with Gasteiger partial charge in [-0.1, -0.05) is 36.4 Å². The minimum atomic E-state index is -0.0535. The van der Waals surface area contributed by atoms with E-state index in [2.05, 4.69) is 61.7 Å². The van der Waals surface area contributed by atoms with Gasteiger partial charge in [-0.05, 0) is 52.9 Å². The van der Waals surface area contributed by atoms with E-state index in [-0.39, 0.29) is 6.04 Å². The van der Waals surface area contributed by atoms with Crippen molar-refractivity contribution in [1.29, 1.82) is 0 Å². The molecule has 96 valence electrons. The first-order valence-electron chi connectivity index (χ1n) is 6.46. The van der Waals surface area contributed by atoms with Crippen molar-refractivity contribution in [3.05, 3.63) is 70.1 Å². The van der Waals surface area contributed by atoms with Gasteiger partial charge in [-0.3, -0.25) is 0 Å². The highest BCUT2D eigenvalue weighted by molar-refractivity contribution is 7.17. The number of nitrogens with two attached hydrogens (primary N) is 1. The number of hydrogen-bond donors (Lipinski definition) is 1. The molecule has 1 heterocycles. The highest BCUT2D eigenvalue weighted by Gasteiger charge is 2.15. The van der Waals surface area contributed by atoms with E-state index in [1.807, 2.05) is 0 Å². The molecule has 0 aliphatic heterocycles. The normalized spacial score (nSPS) is 12.8. The van der Waals surface area contributed by atoms with Crippen LogP contribution in [0.2, 0.25) is 0 Å². The minimum absolute atomic E-state index is 0.0535. The van der Waals surface area contributed by atoms with Crippen molar-refractivity contribution in [3.8, 4) is 0 Å². The van der Waals surface area contributed by atoms with Gasteiger partial charge in [-0.2, -0.15) is 0 Å². The molecule has 0 saturated heterocycles. The van der Waals surface area contributed by atoms with E-state index < -0.39 is 0 Å². The number of aryl methyl sites for hydroxylation is 1. The molecule has 0 saturated carbocycles. The third-order valence-electron chi connectivity index (χ3n) is 3.83. The summed E-state index contributed by atoms with van der Waals surface area (Å²) in [4.78, 5) is 0. The maximum absolute atomic E-state index is 6.52. The van der Waals surface area contributed by atoms with Crippen molar-refractivity contribution in [2.24, 2.45) is 5.73 Å². The van der Waals surface area contributed by atoms with Gasteiger partial charge in [0.25, 0.3) is 0 Å². The fourth-order valence-corrected chi connectivity index (χ4v) is 3.49. The van der Waals surface area contributed by atoms with Crippen LogP contribution in [0.15, 0.2) is 47.8 Å². The van der Waals surface area contributed by atoms with E-state index in [0.29, 0.717) is 0 Å². The van der Waals surface area contributed by atoms with Crippen molar-refractivity contribution in [3.63, 3.8) is 0 Å². The van der Waals surface area contributed by atoms with Gasteiger partial charge in [0, 0.05) is 4.70 Å². The van der Waals surface area contributed by atoms with Crippen molar-refractivity contribution < 1.29 is 0 Å². The second-order valence-corrected chi connectivity index (χ2v) is 5.87. The van der Waals surface area contributed by atoms with E-state index in [1.165, 1.54) is 32.3 Å². The van der Waals surface area contributed by atoms with E-state index in [1.54, 1.807) is 11.3 Å². The number of hydrogen-bond acceptors (Lipinski definition) is 2. The highest BCUT2D eigenvalue weighted by Crippen LogP contribution is 2.32. The summed E-state index contributed by atoms with van der Waals surface area (Å²) in [6.07, 6.45) is 0. The van der Waals surface area contributed by atoms with Crippen LogP contribution in [-0.4, -0.2) is 0 Å². The lowest BCUT2D eigenvalue weighted by atomic mass is 9.93. The Morgan fingerprint density at radius 2 is 1.68 bits per heavy atom. The lowest BCUT2D eigenvalue weighted by Gasteiger charge is -2.17. The Kier molecular flexibility index (Phi) is 3.13. The molecule has 0 amide bonds. The van der Waals surface area contributed by atoms with Crippen LogP contribution in [0.4, 0.5) is 0 Å². The highest BCUT2D eigenvalue weighted by atomic mass is 32.1. The van der Waals surface area contributed by atoms with Crippen LogP contribution >= 0.6 is 11.3 Å². The summed E-state index contributed by atoms with van der Waals surface area (Å²) in [7, 11) is 0. The fraction of sp³-hybridized carbons (Fsp3) is 0.176. The first-order valence-corrected chi connectivity index (χ1v) is 7.34. The Bertz CT molecular complexity index is 727. The predicted molar refractivity (Wildman–Crippen MR) is 83.8 cm³/mol. The first kappa shape index (κ1) is 12.4. The second-order valence-electron chi connectivity index (χ2n) is 4.95. The van der Waals surface area contributed by atoms with Gasteiger partial charge in [-0.25, -0.2) is 0 Å². The molecule has 1 nitrogen and oxygen atoms in total. The Morgan fingerprint density at radius 3 is 2.53 bits per heavy atom. The summed E-state index contributed by atoms with van der Waals surface area (Å²) in [5.41, 5.74) is 11.6. The van der Waals surface area contributed by atoms with E-state index in [0.717, 1.165) is 0 Å². The summed E-state index contributed by atoms with van der Waals surface area (Å²) in [6.45, 7) is 4.29. The van der Waals surface area contributed by atoms with Gasteiger partial charge in [0.2, 0.25) is 0 Å². The molecular weight excluding hydrogens is 250 g/mol. The van der Waals surface area contributed by atoms with Gasteiger partial charge < -0.3 is 5.73 Å². The third kappa shape index (κ3) is 2.07. The van der Waals surface area contributed by atoms with Crippen molar-refractivity contribution in [1.82, 2.24) is 0 Å². The van der Waals surface area contributed by atoms with Crippen LogP contribution in [0.5, 0.6) is 0 Å². The van der Waals surface area contributed by atoms with Crippen LogP contribution in [0.3, 0.4) is 0 Å². The molecule has 19 heavy (non-hydrogen) atoms. The van der Waals surface area contributed by atoms with E-state index in [4.69, 9.17) is 5.73 Å². The number of thiophene rings is 1. The molecule has 2 aromatic carbocycles. The zero-order valence-electron chi connectivity index (χ0n) is 11.2. The maximum atomic E-state index is 6.52. The molecule has 0 bridgehead atoms. The summed E-state index contributed by atoms with van der Waals surface area (Å²) >= 11 is 1.77. The minimum Gasteiger partial charge on any atom is -0.320 e. The zero-order chi connectivity index (χ0) is 13.4. The summed E-state index contributed by atoms with van der Waals surface area (Å²) in [6, 6.07) is 14.8. The average Bonchev–Trinajstić information content (AvgIpc) is 2.89. The topological polar surface area (TPSA) is 26.0 Å². The third-order valence-corrected chi connectivity index (χ3v) is 4.81. The van der Waals surface area contributed by atoms with Crippen LogP contribution in [0.1, 0.15) is 28.3 Å². The molecule has 2 heteroatoms. The Morgan fingerprint density at radius 1 is 0.947 bits per heavy atom. The van der Waals surface area contributed by atoms with Gasteiger partial charge in [0.05, 0.1) is 6.04 Å². The van der Waals surface area contributed by atoms with Crippen LogP contribution in [0, 0.1) is 13.8 Å². The molecule has 0 radical (unpaired) electrons. The predicted octanol–water partition coefficient (Wildman–Crippen LogP) is 4.57. The molecule has 3 rings (SSSR count). The Labute approximate surface area is 117 Å². The number of rotatable bonds is 2. The zero-order valence-corrected chi connectivity index (χ0v) is 12.0. The molecular formula is C17H17NS. The van der Waals surface area contributed by atoms with Gasteiger partial charge in [0.1, 0.15) is 0 Å². The van der Waals surface area contributed by atoms with Crippen molar-refractivity contribution in [2.45, 2.75) is 19.9 Å². The molecule has 3 aromatic rings. The molecule has 1 unspecified atom stereocenters. The molecule has 0 aliphatic rings. The molecule has 0 fully saturated rings. The van der Waals surface area contributed by atoms with Gasteiger partial charge in [-0.15, -0.1) is 11.3 Å².